The Kier molecular flexibility index (Phi) is 1.58. The molecule has 2 aromatic heterocycles. The summed E-state index contributed by atoms with van der Waals surface area (Å²) < 4.78 is 2.08. The number of aromatic nitrogens is 3. The van der Waals surface area contributed by atoms with E-state index in [1.54, 1.807) is 6.20 Å². The van der Waals surface area contributed by atoms with Crippen molar-refractivity contribution in [3.05, 3.63) is 29.8 Å². The Bertz CT molecular complexity index is 474. The van der Waals surface area contributed by atoms with Gasteiger partial charge in [0.2, 0.25) is 5.78 Å². The van der Waals surface area contributed by atoms with Crippen molar-refractivity contribution in [3.63, 3.8) is 0 Å². The summed E-state index contributed by atoms with van der Waals surface area (Å²) in [5.74, 6) is 0.813. The predicted octanol–water partition coefficient (Wildman–Crippen LogP) is 0.936. The average Bonchev–Trinajstić information content (AvgIpc) is 2.57. The van der Waals surface area contributed by atoms with E-state index in [2.05, 4.69) is 26.6 Å². The lowest BCUT2D eigenvalue weighted by Crippen LogP contribution is -2.28. The summed E-state index contributed by atoms with van der Waals surface area (Å²) >= 11 is 0. The first kappa shape index (κ1) is 7.94. The lowest BCUT2D eigenvalue weighted by molar-refractivity contribution is 0.521. The Morgan fingerprint density at radius 3 is 3.43 bits per heavy atom. The molecule has 4 heteroatoms. The van der Waals surface area contributed by atoms with E-state index in [0.717, 1.165) is 18.7 Å². The van der Waals surface area contributed by atoms with E-state index in [4.69, 9.17) is 0 Å². The van der Waals surface area contributed by atoms with E-state index >= 15 is 0 Å². The second-order valence-electron chi connectivity index (χ2n) is 3.66. The molecule has 0 fully saturated rings. The maximum Gasteiger partial charge on any atom is 0.234 e. The topological polar surface area (TPSA) is 42.2 Å². The molecule has 2 aromatic rings. The zero-order valence-electron chi connectivity index (χ0n) is 8.07. The molecule has 0 bridgehead atoms. The third kappa shape index (κ3) is 0.974. The van der Waals surface area contributed by atoms with Gasteiger partial charge in [0.25, 0.3) is 0 Å². The Balaban J connectivity index is 2.34. The van der Waals surface area contributed by atoms with Crippen LogP contribution < -0.4 is 5.32 Å². The molecule has 1 aliphatic rings. The van der Waals surface area contributed by atoms with Gasteiger partial charge in [0.15, 0.2) is 0 Å². The predicted molar refractivity (Wildman–Crippen MR) is 53.1 cm³/mol. The zero-order chi connectivity index (χ0) is 9.54. The Hall–Kier alpha value is -1.42. The quantitative estimate of drug-likeness (QED) is 0.669. The van der Waals surface area contributed by atoms with E-state index < -0.39 is 0 Å². The molecular weight excluding hydrogens is 176 g/mol. The summed E-state index contributed by atoms with van der Waals surface area (Å²) in [7, 11) is 0. The summed E-state index contributed by atoms with van der Waals surface area (Å²) in [6.07, 6.45) is 4.81. The lowest BCUT2D eigenvalue weighted by atomic mass is 10.1. The first-order valence-corrected chi connectivity index (χ1v) is 4.91. The van der Waals surface area contributed by atoms with Gasteiger partial charge in [-0.1, -0.05) is 0 Å². The SMILES string of the molecule is CC1NCCc2nc3ncccn3c21. The van der Waals surface area contributed by atoms with E-state index in [1.807, 2.05) is 12.3 Å². The lowest BCUT2D eigenvalue weighted by Gasteiger charge is -2.19. The van der Waals surface area contributed by atoms with E-state index in [9.17, 15) is 0 Å². The van der Waals surface area contributed by atoms with Crippen molar-refractivity contribution in [3.8, 4) is 0 Å². The number of fused-ring (bicyclic) bond motifs is 3. The summed E-state index contributed by atoms with van der Waals surface area (Å²) in [5, 5.41) is 3.43. The van der Waals surface area contributed by atoms with Crippen molar-refractivity contribution in [2.24, 2.45) is 0 Å². The third-order valence-corrected chi connectivity index (χ3v) is 2.74. The minimum Gasteiger partial charge on any atom is -0.308 e. The normalized spacial score (nSPS) is 21.1. The highest BCUT2D eigenvalue weighted by molar-refractivity contribution is 5.37. The minimum absolute atomic E-state index is 0.373. The number of nitrogens with zero attached hydrogens (tertiary/aromatic N) is 3. The first-order chi connectivity index (χ1) is 6.86. The van der Waals surface area contributed by atoms with Gasteiger partial charge in [0.05, 0.1) is 11.4 Å². The van der Waals surface area contributed by atoms with Gasteiger partial charge in [-0.05, 0) is 13.0 Å². The highest BCUT2D eigenvalue weighted by Crippen LogP contribution is 2.22. The molecule has 72 valence electrons. The summed E-state index contributed by atoms with van der Waals surface area (Å²) in [6.45, 7) is 3.18. The Morgan fingerprint density at radius 2 is 2.50 bits per heavy atom. The van der Waals surface area contributed by atoms with Crippen LogP contribution in [0.3, 0.4) is 0 Å². The Labute approximate surface area is 82.0 Å². The molecule has 0 aliphatic carbocycles. The maximum absolute atomic E-state index is 4.52. The monoisotopic (exact) mass is 188 g/mol. The van der Waals surface area contributed by atoms with Gasteiger partial charge in [-0.3, -0.25) is 4.40 Å². The molecule has 3 rings (SSSR count). The van der Waals surface area contributed by atoms with Crippen LogP contribution in [-0.4, -0.2) is 20.9 Å². The van der Waals surface area contributed by atoms with Crippen LogP contribution in [-0.2, 0) is 6.42 Å². The highest BCUT2D eigenvalue weighted by Gasteiger charge is 2.21. The minimum atomic E-state index is 0.373. The fourth-order valence-electron chi connectivity index (χ4n) is 2.10. The molecule has 1 aliphatic heterocycles. The van der Waals surface area contributed by atoms with Gasteiger partial charge in [-0.15, -0.1) is 0 Å². The van der Waals surface area contributed by atoms with Crippen molar-refractivity contribution in [1.29, 1.82) is 0 Å². The molecule has 1 unspecified atom stereocenters. The maximum atomic E-state index is 4.52. The molecule has 14 heavy (non-hydrogen) atoms. The first-order valence-electron chi connectivity index (χ1n) is 4.91. The molecule has 3 heterocycles. The van der Waals surface area contributed by atoms with Crippen LogP contribution in [0, 0.1) is 0 Å². The van der Waals surface area contributed by atoms with Crippen LogP contribution in [0.15, 0.2) is 18.5 Å². The highest BCUT2D eigenvalue weighted by atomic mass is 15.1. The number of hydrogen-bond acceptors (Lipinski definition) is 3. The van der Waals surface area contributed by atoms with Gasteiger partial charge in [-0.2, -0.15) is 0 Å². The fourth-order valence-corrected chi connectivity index (χ4v) is 2.10. The molecule has 0 saturated carbocycles. The largest absolute Gasteiger partial charge is 0.308 e. The van der Waals surface area contributed by atoms with Gasteiger partial charge in [0, 0.05) is 31.4 Å². The molecule has 0 saturated heterocycles. The second-order valence-corrected chi connectivity index (χ2v) is 3.66. The molecule has 0 amide bonds. The van der Waals surface area contributed by atoms with Crippen molar-refractivity contribution in [2.45, 2.75) is 19.4 Å². The van der Waals surface area contributed by atoms with Crippen LogP contribution in [0.1, 0.15) is 24.4 Å². The zero-order valence-corrected chi connectivity index (χ0v) is 8.07. The molecule has 0 radical (unpaired) electrons. The molecular formula is C10H12N4. The van der Waals surface area contributed by atoms with Crippen LogP contribution in [0.5, 0.6) is 0 Å². The van der Waals surface area contributed by atoms with Crippen LogP contribution in [0.2, 0.25) is 0 Å². The van der Waals surface area contributed by atoms with E-state index in [0.29, 0.717) is 6.04 Å². The molecule has 0 aromatic carbocycles. The molecule has 0 spiro atoms. The molecule has 1 atom stereocenters. The second kappa shape index (κ2) is 2.78. The molecule has 1 N–H and O–H groups in total. The number of nitrogens with one attached hydrogen (secondary N) is 1. The van der Waals surface area contributed by atoms with Gasteiger partial charge >= 0.3 is 0 Å². The van der Waals surface area contributed by atoms with E-state index in [1.165, 1.54) is 11.4 Å². The summed E-state index contributed by atoms with van der Waals surface area (Å²) in [5.41, 5.74) is 2.45. The molecule has 4 nitrogen and oxygen atoms in total. The number of hydrogen-bond donors (Lipinski definition) is 1. The van der Waals surface area contributed by atoms with Crippen LogP contribution >= 0.6 is 0 Å². The van der Waals surface area contributed by atoms with Gasteiger partial charge in [0.1, 0.15) is 0 Å². The van der Waals surface area contributed by atoms with Crippen LogP contribution in [0.4, 0.5) is 0 Å². The summed E-state index contributed by atoms with van der Waals surface area (Å²) in [6, 6.07) is 2.31. The standard InChI is InChI=1S/C10H12N4/c1-7-9-8(3-5-11-7)13-10-12-4-2-6-14(9)10/h2,4,6-7,11H,3,5H2,1H3. The van der Waals surface area contributed by atoms with Crippen molar-refractivity contribution < 1.29 is 0 Å². The van der Waals surface area contributed by atoms with Crippen molar-refractivity contribution in [2.75, 3.05) is 6.54 Å². The summed E-state index contributed by atoms with van der Waals surface area (Å²) in [4.78, 5) is 8.76. The Morgan fingerprint density at radius 1 is 1.57 bits per heavy atom. The van der Waals surface area contributed by atoms with Crippen molar-refractivity contribution in [1.82, 2.24) is 19.7 Å². The smallest absolute Gasteiger partial charge is 0.234 e. The van der Waals surface area contributed by atoms with Crippen LogP contribution in [0.25, 0.3) is 5.78 Å². The van der Waals surface area contributed by atoms with E-state index in [-0.39, 0.29) is 0 Å². The van der Waals surface area contributed by atoms with Gasteiger partial charge in [-0.25, -0.2) is 9.97 Å². The third-order valence-electron chi connectivity index (χ3n) is 2.74. The van der Waals surface area contributed by atoms with Gasteiger partial charge < -0.3 is 5.32 Å². The fraction of sp³-hybridized carbons (Fsp3) is 0.400. The number of rotatable bonds is 0. The average molecular weight is 188 g/mol. The van der Waals surface area contributed by atoms with Crippen molar-refractivity contribution >= 4 is 5.78 Å². The number of imidazole rings is 1.